The number of aromatic nitrogens is 2. The number of rotatable bonds is 6. The molecule has 0 unspecified atom stereocenters. The maximum absolute atomic E-state index is 12.2. The van der Waals surface area contributed by atoms with Crippen LogP contribution in [0, 0.1) is 0 Å². The first-order valence-corrected chi connectivity index (χ1v) is 4.83. The lowest BCUT2D eigenvalue weighted by Gasteiger charge is -2.04. The van der Waals surface area contributed by atoms with Crippen molar-refractivity contribution in [2.24, 2.45) is 0 Å². The predicted molar refractivity (Wildman–Crippen MR) is 52.0 cm³/mol. The molecule has 0 aliphatic carbocycles. The summed E-state index contributed by atoms with van der Waals surface area (Å²) >= 11 is 0. The Morgan fingerprint density at radius 2 is 2.19 bits per heavy atom. The van der Waals surface area contributed by atoms with Gasteiger partial charge in [-0.15, -0.1) is 0 Å². The molecule has 1 aromatic heterocycles. The van der Waals surface area contributed by atoms with E-state index in [2.05, 4.69) is 10.4 Å². The standard InChI is InChI=1S/C9H14F3N3O/c1-16-5-3-13-2-4-15-7-8(6-14-15)9(10,11)12/h6-7,13H,2-5H2,1H3. The lowest BCUT2D eigenvalue weighted by molar-refractivity contribution is -0.137. The minimum Gasteiger partial charge on any atom is -0.383 e. The van der Waals surface area contributed by atoms with Gasteiger partial charge >= 0.3 is 6.18 Å². The molecule has 1 aromatic rings. The van der Waals surface area contributed by atoms with Crippen LogP contribution in [0.5, 0.6) is 0 Å². The van der Waals surface area contributed by atoms with Crippen molar-refractivity contribution < 1.29 is 17.9 Å². The molecule has 0 saturated heterocycles. The van der Waals surface area contributed by atoms with Gasteiger partial charge in [0.05, 0.1) is 24.9 Å². The molecule has 0 amide bonds. The highest BCUT2D eigenvalue weighted by atomic mass is 19.4. The van der Waals surface area contributed by atoms with Gasteiger partial charge in [0, 0.05) is 26.4 Å². The first kappa shape index (κ1) is 13.0. The molecule has 4 nitrogen and oxygen atoms in total. The highest BCUT2D eigenvalue weighted by Crippen LogP contribution is 2.28. The zero-order valence-corrected chi connectivity index (χ0v) is 8.92. The molecule has 1 heterocycles. The maximum atomic E-state index is 12.2. The zero-order chi connectivity index (χ0) is 12.0. The van der Waals surface area contributed by atoms with Crippen molar-refractivity contribution >= 4 is 0 Å². The highest BCUT2D eigenvalue weighted by Gasteiger charge is 2.31. The number of nitrogens with one attached hydrogen (secondary N) is 1. The largest absolute Gasteiger partial charge is 0.419 e. The fourth-order valence-electron chi connectivity index (χ4n) is 1.13. The Labute approximate surface area is 91.4 Å². The van der Waals surface area contributed by atoms with Gasteiger partial charge in [-0.05, 0) is 0 Å². The fourth-order valence-corrected chi connectivity index (χ4v) is 1.13. The van der Waals surface area contributed by atoms with Crippen molar-refractivity contribution in [1.82, 2.24) is 15.1 Å². The smallest absolute Gasteiger partial charge is 0.383 e. The third-order valence-electron chi connectivity index (χ3n) is 1.96. The van der Waals surface area contributed by atoms with Crippen LogP contribution in [0.1, 0.15) is 5.56 Å². The van der Waals surface area contributed by atoms with Crippen molar-refractivity contribution in [3.8, 4) is 0 Å². The minimum absolute atomic E-state index is 0.403. The van der Waals surface area contributed by atoms with E-state index >= 15 is 0 Å². The summed E-state index contributed by atoms with van der Waals surface area (Å²) in [4.78, 5) is 0. The molecule has 0 radical (unpaired) electrons. The summed E-state index contributed by atoms with van der Waals surface area (Å²) in [5.74, 6) is 0. The van der Waals surface area contributed by atoms with Gasteiger partial charge in [0.15, 0.2) is 0 Å². The van der Waals surface area contributed by atoms with Gasteiger partial charge in [-0.1, -0.05) is 0 Å². The second kappa shape index (κ2) is 5.86. The Kier molecular flexibility index (Phi) is 4.75. The Morgan fingerprint density at radius 3 is 2.75 bits per heavy atom. The van der Waals surface area contributed by atoms with Crippen LogP contribution >= 0.6 is 0 Å². The van der Waals surface area contributed by atoms with E-state index in [1.165, 1.54) is 4.68 Å². The maximum Gasteiger partial charge on any atom is 0.419 e. The summed E-state index contributed by atoms with van der Waals surface area (Å²) in [7, 11) is 1.59. The molecular weight excluding hydrogens is 223 g/mol. The quantitative estimate of drug-likeness (QED) is 0.754. The number of hydrogen-bond donors (Lipinski definition) is 1. The molecule has 0 aliphatic rings. The van der Waals surface area contributed by atoms with Crippen LogP contribution in [-0.4, -0.2) is 36.6 Å². The van der Waals surface area contributed by atoms with E-state index in [0.717, 1.165) is 12.4 Å². The lowest BCUT2D eigenvalue weighted by atomic mass is 10.4. The molecule has 0 saturated carbocycles. The summed E-state index contributed by atoms with van der Waals surface area (Å²) in [5.41, 5.74) is -0.718. The SMILES string of the molecule is COCCNCCn1cc(C(F)(F)F)cn1. The molecule has 7 heteroatoms. The van der Waals surface area contributed by atoms with Crippen LogP contribution in [0.4, 0.5) is 13.2 Å². The predicted octanol–water partition coefficient (Wildman–Crippen LogP) is 1.14. The first-order valence-electron chi connectivity index (χ1n) is 4.83. The van der Waals surface area contributed by atoms with Crippen molar-refractivity contribution in [3.05, 3.63) is 18.0 Å². The monoisotopic (exact) mass is 237 g/mol. The molecule has 0 atom stereocenters. The van der Waals surface area contributed by atoms with Gasteiger partial charge in [-0.2, -0.15) is 18.3 Å². The molecule has 1 rings (SSSR count). The van der Waals surface area contributed by atoms with Crippen LogP contribution in [0.25, 0.3) is 0 Å². The van der Waals surface area contributed by atoms with E-state index in [-0.39, 0.29) is 0 Å². The second-order valence-electron chi connectivity index (χ2n) is 3.23. The molecule has 0 aliphatic heterocycles. The molecule has 0 aromatic carbocycles. The summed E-state index contributed by atoms with van der Waals surface area (Å²) in [6.45, 7) is 2.21. The summed E-state index contributed by atoms with van der Waals surface area (Å²) in [5, 5.41) is 6.64. The average Bonchev–Trinajstić information content (AvgIpc) is 2.65. The second-order valence-corrected chi connectivity index (χ2v) is 3.23. The number of nitrogens with zero attached hydrogens (tertiary/aromatic N) is 2. The Morgan fingerprint density at radius 1 is 1.44 bits per heavy atom. The van der Waals surface area contributed by atoms with Crippen LogP contribution in [-0.2, 0) is 17.5 Å². The number of ether oxygens (including phenoxy) is 1. The van der Waals surface area contributed by atoms with E-state index in [9.17, 15) is 13.2 Å². The minimum atomic E-state index is -4.32. The number of halogens is 3. The summed E-state index contributed by atoms with van der Waals surface area (Å²) in [6, 6.07) is 0. The van der Waals surface area contributed by atoms with Crippen molar-refractivity contribution in [2.75, 3.05) is 26.8 Å². The van der Waals surface area contributed by atoms with Crippen molar-refractivity contribution in [2.45, 2.75) is 12.7 Å². The molecule has 92 valence electrons. The molecule has 0 fully saturated rings. The Hall–Kier alpha value is -1.08. The lowest BCUT2D eigenvalue weighted by Crippen LogP contribution is -2.23. The molecule has 1 N–H and O–H groups in total. The Balaban J connectivity index is 2.30. The van der Waals surface area contributed by atoms with Crippen molar-refractivity contribution in [3.63, 3.8) is 0 Å². The van der Waals surface area contributed by atoms with E-state index < -0.39 is 11.7 Å². The van der Waals surface area contributed by atoms with E-state index in [4.69, 9.17) is 4.74 Å². The van der Waals surface area contributed by atoms with Gasteiger partial charge in [-0.25, -0.2) is 0 Å². The molecular formula is C9H14F3N3O. The third kappa shape index (κ3) is 4.19. The third-order valence-corrected chi connectivity index (χ3v) is 1.96. The molecule has 0 bridgehead atoms. The summed E-state index contributed by atoms with van der Waals surface area (Å²) in [6.07, 6.45) is -2.49. The van der Waals surface area contributed by atoms with Crippen molar-refractivity contribution in [1.29, 1.82) is 0 Å². The van der Waals surface area contributed by atoms with Gasteiger partial charge in [-0.3, -0.25) is 4.68 Å². The summed E-state index contributed by atoms with van der Waals surface area (Å²) < 4.78 is 42.7. The number of methoxy groups -OCH3 is 1. The van der Waals surface area contributed by atoms with Crippen LogP contribution in [0.2, 0.25) is 0 Å². The zero-order valence-electron chi connectivity index (χ0n) is 8.92. The molecule has 0 spiro atoms. The van der Waals surface area contributed by atoms with Crippen LogP contribution in [0.3, 0.4) is 0 Å². The van der Waals surface area contributed by atoms with E-state index in [0.29, 0.717) is 26.2 Å². The fraction of sp³-hybridized carbons (Fsp3) is 0.667. The van der Waals surface area contributed by atoms with Crippen LogP contribution in [0.15, 0.2) is 12.4 Å². The topological polar surface area (TPSA) is 39.1 Å². The van der Waals surface area contributed by atoms with Gasteiger partial charge in [0.1, 0.15) is 0 Å². The van der Waals surface area contributed by atoms with Gasteiger partial charge in [0.25, 0.3) is 0 Å². The molecule has 16 heavy (non-hydrogen) atoms. The number of alkyl halides is 3. The van der Waals surface area contributed by atoms with Gasteiger partial charge in [0.2, 0.25) is 0 Å². The highest BCUT2D eigenvalue weighted by molar-refractivity contribution is 5.08. The van der Waals surface area contributed by atoms with E-state index in [1.807, 2.05) is 0 Å². The van der Waals surface area contributed by atoms with Gasteiger partial charge < -0.3 is 10.1 Å². The normalized spacial score (nSPS) is 12.0. The average molecular weight is 237 g/mol. The number of hydrogen-bond acceptors (Lipinski definition) is 3. The van der Waals surface area contributed by atoms with Crippen LogP contribution < -0.4 is 5.32 Å². The van der Waals surface area contributed by atoms with E-state index in [1.54, 1.807) is 7.11 Å². The Bertz CT molecular complexity index is 311. The first-order chi connectivity index (χ1) is 7.54.